The predicted molar refractivity (Wildman–Crippen MR) is 149 cm³/mol. The van der Waals surface area contributed by atoms with E-state index in [1.54, 1.807) is 26.8 Å². The van der Waals surface area contributed by atoms with Crippen LogP contribution in [-0.2, 0) is 20.0 Å². The van der Waals surface area contributed by atoms with Crippen LogP contribution in [0.4, 0.5) is 10.6 Å². The topological polar surface area (TPSA) is 110 Å². The normalized spacial score (nSPS) is 11.9. The fourth-order valence-corrected chi connectivity index (χ4v) is 4.03. The van der Waals surface area contributed by atoms with E-state index in [4.69, 9.17) is 9.57 Å². The first kappa shape index (κ1) is 27.1. The number of aliphatic carboxylic acids is 1. The molecule has 8 nitrogen and oxygen atoms in total. The molecule has 1 aromatic heterocycles. The van der Waals surface area contributed by atoms with Gasteiger partial charge in [-0.1, -0.05) is 102 Å². The van der Waals surface area contributed by atoms with Gasteiger partial charge in [0, 0.05) is 16.7 Å². The van der Waals surface area contributed by atoms with Gasteiger partial charge in [0.2, 0.25) is 11.3 Å². The summed E-state index contributed by atoms with van der Waals surface area (Å²) in [5.74, 6) is -1.24. The van der Waals surface area contributed by atoms with Gasteiger partial charge < -0.3 is 14.7 Å². The lowest BCUT2D eigenvalue weighted by Crippen LogP contribution is -2.32. The van der Waals surface area contributed by atoms with Crippen LogP contribution in [0.5, 0.6) is 0 Å². The summed E-state index contributed by atoms with van der Waals surface area (Å²) >= 11 is 0. The van der Waals surface area contributed by atoms with Crippen LogP contribution in [0.1, 0.15) is 43.2 Å². The second-order valence-electron chi connectivity index (χ2n) is 9.65. The second-order valence-corrected chi connectivity index (χ2v) is 9.65. The SMILES string of the molecule is CC(C)(C)OC(=O)Nc1cccc(/C(=N\OC(c2ccccc2)(c2ccccc2)c2ccccc2)C(=O)O)n1. The highest BCUT2D eigenvalue weighted by molar-refractivity contribution is 6.41. The molecule has 1 amide bonds. The zero-order valence-corrected chi connectivity index (χ0v) is 21.9. The third-order valence-corrected chi connectivity index (χ3v) is 5.64. The van der Waals surface area contributed by atoms with E-state index in [1.807, 2.05) is 91.0 Å². The van der Waals surface area contributed by atoms with Gasteiger partial charge in [0.05, 0.1) is 0 Å². The number of anilines is 1. The summed E-state index contributed by atoms with van der Waals surface area (Å²) in [4.78, 5) is 35.2. The van der Waals surface area contributed by atoms with Crippen LogP contribution >= 0.6 is 0 Å². The minimum absolute atomic E-state index is 0.000793. The van der Waals surface area contributed by atoms with Crippen molar-refractivity contribution in [2.75, 3.05) is 5.32 Å². The summed E-state index contributed by atoms with van der Waals surface area (Å²) in [5, 5.41) is 16.8. The molecule has 0 atom stereocenters. The van der Waals surface area contributed by atoms with Gasteiger partial charge in [0.1, 0.15) is 17.1 Å². The molecule has 0 aliphatic carbocycles. The van der Waals surface area contributed by atoms with Crippen LogP contribution in [0.15, 0.2) is 114 Å². The Kier molecular flexibility index (Phi) is 8.05. The summed E-state index contributed by atoms with van der Waals surface area (Å²) in [6.07, 6.45) is -0.714. The molecule has 0 saturated heterocycles. The van der Waals surface area contributed by atoms with Gasteiger partial charge in [-0.15, -0.1) is 0 Å². The Morgan fingerprint density at radius 3 is 1.67 bits per heavy atom. The second kappa shape index (κ2) is 11.6. The summed E-state index contributed by atoms with van der Waals surface area (Å²) in [5.41, 5.74) is -0.151. The number of carbonyl (C=O) groups is 2. The number of pyridine rings is 1. The maximum absolute atomic E-state index is 12.4. The molecular weight excluding hydrogens is 494 g/mol. The molecule has 0 aliphatic heterocycles. The van der Waals surface area contributed by atoms with Crippen LogP contribution in [0.2, 0.25) is 0 Å². The molecule has 0 spiro atoms. The molecule has 198 valence electrons. The van der Waals surface area contributed by atoms with Crippen molar-refractivity contribution in [1.82, 2.24) is 4.98 Å². The monoisotopic (exact) mass is 523 g/mol. The third-order valence-electron chi connectivity index (χ3n) is 5.64. The van der Waals surface area contributed by atoms with Crippen LogP contribution in [-0.4, -0.2) is 33.5 Å². The lowest BCUT2D eigenvalue weighted by atomic mass is 9.80. The molecular formula is C31H29N3O5. The van der Waals surface area contributed by atoms with Crippen molar-refractivity contribution in [3.05, 3.63) is 132 Å². The zero-order chi connectivity index (χ0) is 27.9. The van der Waals surface area contributed by atoms with Gasteiger partial charge in [-0.3, -0.25) is 5.32 Å². The number of carboxylic acid groups (broad SMARTS) is 1. The predicted octanol–water partition coefficient (Wildman–Crippen LogP) is 6.23. The first-order valence-corrected chi connectivity index (χ1v) is 12.3. The number of nitrogens with one attached hydrogen (secondary N) is 1. The fraction of sp³-hybridized carbons (Fsp3) is 0.161. The molecule has 3 aromatic carbocycles. The van der Waals surface area contributed by atoms with Gasteiger partial charge in [-0.25, -0.2) is 14.6 Å². The molecule has 0 bridgehead atoms. The first-order valence-electron chi connectivity index (χ1n) is 12.3. The van der Waals surface area contributed by atoms with Crippen molar-refractivity contribution in [3.63, 3.8) is 0 Å². The van der Waals surface area contributed by atoms with E-state index in [0.717, 1.165) is 16.7 Å². The number of oxime groups is 1. The standard InChI is InChI=1S/C31H29N3O5/c1-30(2,3)38-29(37)33-26-21-13-20-25(32-26)27(28(35)36)34-39-31(22-14-7-4-8-15-22,23-16-9-5-10-17-23)24-18-11-6-12-19-24/h4-21H,1-3H3,(H,35,36)(H,32,33,37)/b34-27+. The van der Waals surface area contributed by atoms with Gasteiger partial charge in [0.15, 0.2) is 0 Å². The number of hydrogen-bond acceptors (Lipinski definition) is 6. The van der Waals surface area contributed by atoms with E-state index in [0.29, 0.717) is 0 Å². The van der Waals surface area contributed by atoms with Gasteiger partial charge >= 0.3 is 12.1 Å². The van der Waals surface area contributed by atoms with Crippen molar-refractivity contribution in [2.24, 2.45) is 5.16 Å². The lowest BCUT2D eigenvalue weighted by Gasteiger charge is -2.33. The number of aromatic nitrogens is 1. The van der Waals surface area contributed by atoms with E-state index in [-0.39, 0.29) is 11.5 Å². The summed E-state index contributed by atoms with van der Waals surface area (Å²) < 4.78 is 5.27. The highest BCUT2D eigenvalue weighted by atomic mass is 16.7. The van der Waals surface area contributed by atoms with Crippen LogP contribution < -0.4 is 5.32 Å². The Morgan fingerprint density at radius 1 is 0.744 bits per heavy atom. The Bertz CT molecular complexity index is 1350. The summed E-state index contributed by atoms with van der Waals surface area (Å²) in [6, 6.07) is 33.0. The number of benzene rings is 3. The molecule has 4 rings (SSSR count). The zero-order valence-electron chi connectivity index (χ0n) is 21.9. The maximum Gasteiger partial charge on any atom is 0.413 e. The molecule has 0 radical (unpaired) electrons. The number of nitrogens with zero attached hydrogens (tertiary/aromatic N) is 2. The average molecular weight is 524 g/mol. The van der Waals surface area contributed by atoms with E-state index < -0.39 is 29.0 Å². The Labute approximate surface area is 226 Å². The quantitative estimate of drug-likeness (QED) is 0.161. The van der Waals surface area contributed by atoms with Crippen molar-refractivity contribution in [1.29, 1.82) is 0 Å². The molecule has 1 heterocycles. The van der Waals surface area contributed by atoms with E-state index in [2.05, 4.69) is 15.5 Å². The van der Waals surface area contributed by atoms with E-state index in [1.165, 1.54) is 12.1 Å². The lowest BCUT2D eigenvalue weighted by molar-refractivity contribution is -0.129. The number of hydrogen-bond donors (Lipinski definition) is 2. The molecule has 0 fully saturated rings. The van der Waals surface area contributed by atoms with E-state index >= 15 is 0 Å². The number of carbonyl (C=O) groups excluding carboxylic acids is 1. The molecule has 39 heavy (non-hydrogen) atoms. The number of carboxylic acids is 1. The van der Waals surface area contributed by atoms with Gasteiger partial charge in [-0.2, -0.15) is 0 Å². The Balaban J connectivity index is 1.80. The first-order chi connectivity index (χ1) is 18.7. The highest BCUT2D eigenvalue weighted by Crippen LogP contribution is 2.40. The average Bonchev–Trinajstić information content (AvgIpc) is 2.91. The molecule has 0 unspecified atom stereocenters. The van der Waals surface area contributed by atoms with Crippen molar-refractivity contribution >= 4 is 23.6 Å². The maximum atomic E-state index is 12.4. The number of ether oxygens (including phenoxy) is 1. The largest absolute Gasteiger partial charge is 0.476 e. The third kappa shape index (κ3) is 6.48. The molecule has 0 saturated carbocycles. The van der Waals surface area contributed by atoms with Crippen LogP contribution in [0, 0.1) is 0 Å². The van der Waals surface area contributed by atoms with Crippen LogP contribution in [0.3, 0.4) is 0 Å². The number of amides is 1. The van der Waals surface area contributed by atoms with Crippen molar-refractivity contribution in [2.45, 2.75) is 32.0 Å². The Morgan fingerprint density at radius 2 is 1.23 bits per heavy atom. The van der Waals surface area contributed by atoms with Crippen molar-refractivity contribution < 1.29 is 24.3 Å². The minimum Gasteiger partial charge on any atom is -0.476 e. The molecule has 4 aromatic rings. The number of rotatable bonds is 8. The fourth-order valence-electron chi connectivity index (χ4n) is 4.03. The van der Waals surface area contributed by atoms with Crippen LogP contribution in [0.25, 0.3) is 0 Å². The van der Waals surface area contributed by atoms with Gasteiger partial charge in [0.25, 0.3) is 0 Å². The van der Waals surface area contributed by atoms with E-state index in [9.17, 15) is 14.7 Å². The molecule has 0 aliphatic rings. The summed E-state index contributed by atoms with van der Waals surface area (Å²) in [6.45, 7) is 5.21. The molecule has 8 heteroatoms. The van der Waals surface area contributed by atoms with Crippen molar-refractivity contribution in [3.8, 4) is 0 Å². The van der Waals surface area contributed by atoms with Gasteiger partial charge in [-0.05, 0) is 32.9 Å². The summed E-state index contributed by atoms with van der Waals surface area (Å²) in [7, 11) is 0. The minimum atomic E-state index is -1.35. The smallest absolute Gasteiger partial charge is 0.413 e. The highest BCUT2D eigenvalue weighted by Gasteiger charge is 2.40. The molecule has 2 N–H and O–H groups in total. The Hall–Kier alpha value is -4.98.